The number of aryl methyl sites for hydroxylation is 1. The van der Waals surface area contributed by atoms with Gasteiger partial charge in [-0.2, -0.15) is 11.1 Å². The Hall–Kier alpha value is -0.273. The van der Waals surface area contributed by atoms with Crippen LogP contribution in [-0.2, 0) is 0 Å². The maximum atomic E-state index is 6.64. The Morgan fingerprint density at radius 1 is 1.23 bits per heavy atom. The first-order chi connectivity index (χ1) is 6.12. The quantitative estimate of drug-likeness (QED) is 0.532. The Morgan fingerprint density at radius 2 is 1.85 bits per heavy atom. The molecule has 0 spiro atoms. The molecule has 2 heteroatoms. The van der Waals surface area contributed by atoms with E-state index in [1.54, 1.807) is 0 Å². The van der Waals surface area contributed by atoms with Crippen molar-refractivity contribution in [1.82, 2.24) is 0 Å². The number of hydrogen-bond donors (Lipinski definition) is 0. The number of halogens is 1. The molecule has 0 saturated carbocycles. The van der Waals surface area contributed by atoms with Crippen molar-refractivity contribution in [1.29, 1.82) is 0 Å². The second-order valence-corrected chi connectivity index (χ2v) is 9.63. The van der Waals surface area contributed by atoms with Gasteiger partial charge < -0.3 is 0 Å². The normalized spacial score (nSPS) is 11.7. The first-order valence-electron chi connectivity index (χ1n) is 4.88. The van der Waals surface area contributed by atoms with E-state index in [0.29, 0.717) is 0 Å². The van der Waals surface area contributed by atoms with Crippen molar-refractivity contribution in [3.8, 4) is 0 Å². The molecule has 0 fully saturated rings. The van der Waals surface area contributed by atoms with Crippen LogP contribution in [0.1, 0.15) is 19.4 Å². The van der Waals surface area contributed by atoms with Gasteiger partial charge in [0.05, 0.1) is 0 Å². The molecule has 0 aliphatic heterocycles. The highest BCUT2D eigenvalue weighted by molar-refractivity contribution is 7.27. The number of benzene rings is 1. The molecule has 0 heterocycles. The van der Waals surface area contributed by atoms with E-state index in [1.165, 1.54) is 10.8 Å². The molecule has 1 aromatic rings. The molecule has 0 radical (unpaired) electrons. The summed E-state index contributed by atoms with van der Waals surface area (Å²) in [7, 11) is -1.63. The van der Waals surface area contributed by atoms with Crippen molar-refractivity contribution < 1.29 is 0 Å². The predicted molar refractivity (Wildman–Crippen MR) is 63.4 cm³/mol. The fourth-order valence-electron chi connectivity index (χ4n) is 1.58. The predicted octanol–water partition coefficient (Wildman–Crippen LogP) is 3.43. The Bertz CT molecular complexity index is 279. The molecule has 1 aromatic carbocycles. The first-order valence-corrected chi connectivity index (χ1v) is 8.31. The van der Waals surface area contributed by atoms with Gasteiger partial charge in [-0.25, -0.2) is 0 Å². The minimum absolute atomic E-state index is 1.12. The minimum Gasteiger partial charge on any atom is -0.161 e. The summed E-state index contributed by atoms with van der Waals surface area (Å²) in [4.78, 5) is 0. The molecule has 0 N–H and O–H groups in total. The summed E-state index contributed by atoms with van der Waals surface area (Å²) in [6, 6.07) is 10.9. The average molecular weight is 213 g/mol. The molecule has 0 bridgehead atoms. The van der Waals surface area contributed by atoms with Gasteiger partial charge in [0.15, 0.2) is 7.38 Å². The minimum atomic E-state index is -1.63. The highest BCUT2D eigenvalue weighted by Crippen LogP contribution is 2.20. The Morgan fingerprint density at radius 3 is 2.31 bits per heavy atom. The van der Waals surface area contributed by atoms with Crippen molar-refractivity contribution in [2.24, 2.45) is 0 Å². The van der Waals surface area contributed by atoms with Gasteiger partial charge >= 0.3 is 0 Å². The van der Waals surface area contributed by atoms with Crippen LogP contribution in [0.3, 0.4) is 0 Å². The van der Waals surface area contributed by atoms with Gasteiger partial charge in [-0.3, -0.25) is 0 Å². The van der Waals surface area contributed by atoms with Crippen LogP contribution in [0.2, 0.25) is 12.1 Å². The molecule has 13 heavy (non-hydrogen) atoms. The Balaban J connectivity index is 3.05. The topological polar surface area (TPSA) is 0 Å². The van der Waals surface area contributed by atoms with Crippen LogP contribution in [-0.4, -0.2) is 7.38 Å². The van der Waals surface area contributed by atoms with Gasteiger partial charge in [0.2, 0.25) is 0 Å². The summed E-state index contributed by atoms with van der Waals surface area (Å²) in [5.41, 5.74) is 1.32. The maximum Gasteiger partial charge on any atom is 0.186 e. The van der Waals surface area contributed by atoms with Crippen LogP contribution in [0.4, 0.5) is 0 Å². The summed E-state index contributed by atoms with van der Waals surface area (Å²) >= 11 is 6.64. The molecule has 1 rings (SSSR count). The number of hydrogen-bond acceptors (Lipinski definition) is 0. The second kappa shape index (κ2) is 4.29. The van der Waals surface area contributed by atoms with Crippen molar-refractivity contribution in [3.63, 3.8) is 0 Å². The highest BCUT2D eigenvalue weighted by atomic mass is 35.6. The van der Waals surface area contributed by atoms with E-state index in [-0.39, 0.29) is 0 Å². The lowest BCUT2D eigenvalue weighted by atomic mass is 10.2. The second-order valence-electron chi connectivity index (χ2n) is 3.54. The van der Waals surface area contributed by atoms with Gasteiger partial charge in [-0.1, -0.05) is 43.7 Å². The van der Waals surface area contributed by atoms with Gasteiger partial charge in [-0.15, -0.1) is 0 Å². The lowest BCUT2D eigenvalue weighted by molar-refractivity contribution is 1.31. The van der Waals surface area contributed by atoms with Crippen LogP contribution in [0.5, 0.6) is 0 Å². The van der Waals surface area contributed by atoms with Crippen molar-refractivity contribution in [2.45, 2.75) is 32.9 Å². The molecule has 0 amide bonds. The Kier molecular flexibility index (Phi) is 3.57. The molecule has 0 aliphatic rings. The SMILES string of the molecule is CC[Si](Cl)(CC)c1cccc(C)c1. The van der Waals surface area contributed by atoms with Crippen LogP contribution in [0, 0.1) is 6.92 Å². The smallest absolute Gasteiger partial charge is 0.161 e. The van der Waals surface area contributed by atoms with Crippen LogP contribution in [0.25, 0.3) is 0 Å². The third-order valence-corrected chi connectivity index (χ3v) is 8.50. The lowest BCUT2D eigenvalue weighted by Gasteiger charge is -2.21. The molecular weight excluding hydrogens is 196 g/mol. The van der Waals surface area contributed by atoms with Crippen LogP contribution < -0.4 is 5.19 Å². The van der Waals surface area contributed by atoms with E-state index in [1.807, 2.05) is 0 Å². The summed E-state index contributed by atoms with van der Waals surface area (Å²) in [5, 5.41) is 1.39. The van der Waals surface area contributed by atoms with Crippen LogP contribution in [0.15, 0.2) is 24.3 Å². The summed E-state index contributed by atoms with van der Waals surface area (Å²) in [6.45, 7) is 6.52. The average Bonchev–Trinajstić information content (AvgIpc) is 2.17. The standard InChI is InChI=1S/C11H17ClSi/c1-4-13(12,5-2)11-8-6-7-10(3)9-11/h6-9H,4-5H2,1-3H3. The lowest BCUT2D eigenvalue weighted by Crippen LogP contribution is -2.40. The molecule has 72 valence electrons. The molecule has 0 nitrogen and oxygen atoms in total. The zero-order valence-corrected chi connectivity index (χ0v) is 10.4. The van der Waals surface area contributed by atoms with E-state index < -0.39 is 7.38 Å². The zero-order valence-electron chi connectivity index (χ0n) is 8.60. The highest BCUT2D eigenvalue weighted by Gasteiger charge is 2.28. The van der Waals surface area contributed by atoms with Crippen molar-refractivity contribution in [3.05, 3.63) is 29.8 Å². The molecule has 0 atom stereocenters. The van der Waals surface area contributed by atoms with Gasteiger partial charge in [0.25, 0.3) is 0 Å². The van der Waals surface area contributed by atoms with E-state index in [2.05, 4.69) is 45.0 Å². The maximum absolute atomic E-state index is 6.64. The van der Waals surface area contributed by atoms with E-state index in [0.717, 1.165) is 12.1 Å². The third-order valence-electron chi connectivity index (χ3n) is 2.66. The fourth-order valence-corrected chi connectivity index (χ4v) is 4.13. The van der Waals surface area contributed by atoms with Gasteiger partial charge in [0.1, 0.15) is 0 Å². The van der Waals surface area contributed by atoms with Crippen molar-refractivity contribution >= 4 is 23.6 Å². The fraction of sp³-hybridized carbons (Fsp3) is 0.455. The largest absolute Gasteiger partial charge is 0.186 e. The molecule has 0 unspecified atom stereocenters. The van der Waals surface area contributed by atoms with Crippen LogP contribution >= 0.6 is 11.1 Å². The number of rotatable bonds is 3. The summed E-state index contributed by atoms with van der Waals surface area (Å²) in [5.74, 6) is 0. The van der Waals surface area contributed by atoms with E-state index in [9.17, 15) is 0 Å². The molecule has 0 saturated heterocycles. The Labute approximate surface area is 86.6 Å². The van der Waals surface area contributed by atoms with E-state index >= 15 is 0 Å². The molecule has 0 aromatic heterocycles. The summed E-state index contributed by atoms with van der Waals surface area (Å²) in [6.07, 6.45) is 0. The first kappa shape index (κ1) is 10.8. The van der Waals surface area contributed by atoms with Gasteiger partial charge in [0, 0.05) is 0 Å². The van der Waals surface area contributed by atoms with Gasteiger partial charge in [-0.05, 0) is 24.2 Å². The van der Waals surface area contributed by atoms with E-state index in [4.69, 9.17) is 11.1 Å². The summed E-state index contributed by atoms with van der Waals surface area (Å²) < 4.78 is 0. The molecule has 0 aliphatic carbocycles. The third kappa shape index (κ3) is 2.35. The zero-order chi connectivity index (χ0) is 9.90. The van der Waals surface area contributed by atoms with Crippen molar-refractivity contribution in [2.75, 3.05) is 0 Å². The monoisotopic (exact) mass is 212 g/mol. The molecular formula is C11H17ClSi.